The highest BCUT2D eigenvalue weighted by molar-refractivity contribution is 6.36. The molecule has 0 aliphatic heterocycles. The molecule has 0 radical (unpaired) electrons. The van der Waals surface area contributed by atoms with E-state index < -0.39 is 17.9 Å². The minimum atomic E-state index is -1.11. The zero-order valence-corrected chi connectivity index (χ0v) is 19.7. The number of urea groups is 1. The molecule has 30 heavy (non-hydrogen) atoms. The Morgan fingerprint density at radius 3 is 2.27 bits per heavy atom. The standard InChI is InChI=1S/C17H21Cl3N2O3.C2H6.CH3NO/c1-17(20)6-5-10(7-17)8-21-16(25)22-9-11(15(23)24)14-12(18)3-2-4-13(14)19;1-2;2-1-3/h2-4,10-11H,5-9H2,1H3,(H,23,24)(H2,21,22,25);1-2H3;1H,(H2,2,3). The average Bonchev–Trinajstić information content (AvgIpc) is 3.03. The van der Waals surface area contributed by atoms with Crippen molar-refractivity contribution in [1.29, 1.82) is 0 Å². The van der Waals surface area contributed by atoms with Crippen LogP contribution in [-0.2, 0) is 9.59 Å². The summed E-state index contributed by atoms with van der Waals surface area (Å²) in [5.74, 6) is -1.80. The summed E-state index contributed by atoms with van der Waals surface area (Å²) in [6, 6.07) is 4.36. The van der Waals surface area contributed by atoms with Gasteiger partial charge >= 0.3 is 12.0 Å². The Labute approximate surface area is 192 Å². The number of halogens is 3. The van der Waals surface area contributed by atoms with Crippen molar-refractivity contribution in [2.45, 2.75) is 50.8 Å². The van der Waals surface area contributed by atoms with E-state index in [0.717, 1.165) is 19.3 Å². The van der Waals surface area contributed by atoms with Gasteiger partial charge in [-0.2, -0.15) is 0 Å². The van der Waals surface area contributed by atoms with E-state index in [9.17, 15) is 14.7 Å². The number of carboxylic acids is 1. The Hall–Kier alpha value is -1.70. The number of benzene rings is 1. The first-order valence-electron chi connectivity index (χ1n) is 9.64. The second-order valence-electron chi connectivity index (χ2n) is 6.78. The largest absolute Gasteiger partial charge is 0.481 e. The average molecular weight is 483 g/mol. The SMILES string of the molecule is CC.CC1(Cl)CCC(CNC(=O)NCC(C(=O)O)c2c(Cl)cccc2Cl)C1.NC=O. The quantitative estimate of drug-likeness (QED) is 0.355. The number of nitrogens with two attached hydrogens (primary N) is 1. The van der Waals surface area contributed by atoms with Gasteiger partial charge in [-0.15, -0.1) is 11.6 Å². The number of primary amides is 1. The highest BCUT2D eigenvalue weighted by atomic mass is 35.5. The maximum atomic E-state index is 12.0. The number of carbonyl (C=O) groups excluding carboxylic acids is 2. The molecule has 0 aromatic heterocycles. The Balaban J connectivity index is 0.00000154. The first kappa shape index (κ1) is 28.3. The van der Waals surface area contributed by atoms with Gasteiger partial charge in [0.15, 0.2) is 0 Å². The van der Waals surface area contributed by atoms with E-state index >= 15 is 0 Å². The monoisotopic (exact) mass is 481 g/mol. The zero-order chi connectivity index (χ0) is 23.3. The molecule has 1 fully saturated rings. The summed E-state index contributed by atoms with van der Waals surface area (Å²) in [5.41, 5.74) is 4.47. The molecule has 0 heterocycles. The van der Waals surface area contributed by atoms with Crippen LogP contribution in [0.3, 0.4) is 0 Å². The van der Waals surface area contributed by atoms with E-state index in [1.165, 1.54) is 0 Å². The Kier molecular flexibility index (Phi) is 13.5. The molecule has 1 saturated carbocycles. The van der Waals surface area contributed by atoms with Crippen molar-refractivity contribution in [3.05, 3.63) is 33.8 Å². The smallest absolute Gasteiger partial charge is 0.314 e. The fraction of sp³-hybridized carbons (Fsp3) is 0.550. The molecule has 1 aromatic carbocycles. The van der Waals surface area contributed by atoms with Crippen LogP contribution in [-0.4, -0.2) is 41.5 Å². The summed E-state index contributed by atoms with van der Waals surface area (Å²) in [7, 11) is 0. The fourth-order valence-corrected chi connectivity index (χ4v) is 4.12. The second kappa shape index (κ2) is 14.3. The number of aliphatic carboxylic acids is 1. The van der Waals surface area contributed by atoms with Gasteiger partial charge in [0.2, 0.25) is 6.41 Å². The van der Waals surface area contributed by atoms with Gasteiger partial charge in [-0.3, -0.25) is 9.59 Å². The van der Waals surface area contributed by atoms with Gasteiger partial charge in [-0.25, -0.2) is 4.79 Å². The van der Waals surface area contributed by atoms with Crippen molar-refractivity contribution in [2.24, 2.45) is 11.7 Å². The third-order valence-corrected chi connectivity index (χ3v) is 5.45. The molecule has 0 bridgehead atoms. The van der Waals surface area contributed by atoms with Crippen molar-refractivity contribution in [3.8, 4) is 0 Å². The predicted octanol–water partition coefficient (Wildman–Crippen LogP) is 4.39. The van der Waals surface area contributed by atoms with Crippen LogP contribution < -0.4 is 16.4 Å². The molecular weight excluding hydrogens is 453 g/mol. The normalized spacial score (nSPS) is 20.5. The maximum Gasteiger partial charge on any atom is 0.314 e. The third-order valence-electron chi connectivity index (χ3n) is 4.45. The molecule has 170 valence electrons. The van der Waals surface area contributed by atoms with Crippen LogP contribution >= 0.6 is 34.8 Å². The summed E-state index contributed by atoms with van der Waals surface area (Å²) in [4.78, 5) is 31.9. The van der Waals surface area contributed by atoms with Crippen LogP contribution in [0.25, 0.3) is 0 Å². The van der Waals surface area contributed by atoms with Crippen molar-refractivity contribution >= 4 is 53.2 Å². The molecule has 10 heteroatoms. The summed E-state index contributed by atoms with van der Waals surface area (Å²) in [6.45, 7) is 6.40. The number of carbonyl (C=O) groups is 3. The number of rotatable bonds is 6. The van der Waals surface area contributed by atoms with Crippen molar-refractivity contribution in [3.63, 3.8) is 0 Å². The lowest BCUT2D eigenvalue weighted by Gasteiger charge is -2.18. The molecule has 0 saturated heterocycles. The molecule has 5 N–H and O–H groups in total. The molecular formula is C20H30Cl3N3O4. The van der Waals surface area contributed by atoms with E-state index in [2.05, 4.69) is 16.4 Å². The number of amides is 3. The van der Waals surface area contributed by atoms with Gasteiger partial charge in [0.1, 0.15) is 5.92 Å². The summed E-state index contributed by atoms with van der Waals surface area (Å²) in [5, 5.41) is 15.3. The minimum absolute atomic E-state index is 0.109. The van der Waals surface area contributed by atoms with E-state index in [4.69, 9.17) is 39.6 Å². The lowest BCUT2D eigenvalue weighted by atomic mass is 9.99. The molecule has 1 aliphatic carbocycles. The molecule has 3 atom stereocenters. The number of hydrogen-bond donors (Lipinski definition) is 4. The van der Waals surface area contributed by atoms with E-state index in [1.807, 2.05) is 20.8 Å². The Morgan fingerprint density at radius 1 is 1.30 bits per heavy atom. The number of hydrogen-bond acceptors (Lipinski definition) is 3. The lowest BCUT2D eigenvalue weighted by molar-refractivity contribution is -0.138. The third kappa shape index (κ3) is 9.87. The van der Waals surface area contributed by atoms with Gasteiger partial charge in [0, 0.05) is 33.6 Å². The fourth-order valence-electron chi connectivity index (χ4n) is 3.14. The van der Waals surface area contributed by atoms with Gasteiger partial charge in [-0.05, 0) is 44.2 Å². The molecule has 0 spiro atoms. The number of carboxylic acid groups (broad SMARTS) is 1. The van der Waals surface area contributed by atoms with Crippen molar-refractivity contribution in [1.82, 2.24) is 10.6 Å². The molecule has 3 amide bonds. The summed E-state index contributed by atoms with van der Waals surface area (Å²) >= 11 is 18.4. The van der Waals surface area contributed by atoms with Crippen LogP contribution in [0.5, 0.6) is 0 Å². The van der Waals surface area contributed by atoms with Crippen LogP contribution in [0.4, 0.5) is 4.79 Å². The van der Waals surface area contributed by atoms with Gasteiger partial charge in [0.25, 0.3) is 0 Å². The minimum Gasteiger partial charge on any atom is -0.481 e. The maximum absolute atomic E-state index is 12.0. The van der Waals surface area contributed by atoms with Gasteiger partial charge < -0.3 is 21.5 Å². The van der Waals surface area contributed by atoms with Crippen LogP contribution in [0.1, 0.15) is 51.5 Å². The number of alkyl halides is 1. The predicted molar refractivity (Wildman–Crippen MR) is 121 cm³/mol. The van der Waals surface area contributed by atoms with E-state index in [1.54, 1.807) is 18.2 Å². The van der Waals surface area contributed by atoms with Gasteiger partial charge in [-0.1, -0.05) is 43.1 Å². The van der Waals surface area contributed by atoms with Gasteiger partial charge in [0.05, 0.1) is 0 Å². The topological polar surface area (TPSA) is 122 Å². The highest BCUT2D eigenvalue weighted by Gasteiger charge is 2.33. The highest BCUT2D eigenvalue weighted by Crippen LogP contribution is 2.38. The van der Waals surface area contributed by atoms with E-state index in [-0.39, 0.29) is 27.9 Å². The molecule has 1 aromatic rings. The van der Waals surface area contributed by atoms with Crippen molar-refractivity contribution < 1.29 is 19.5 Å². The zero-order valence-electron chi connectivity index (χ0n) is 17.4. The summed E-state index contributed by atoms with van der Waals surface area (Å²) < 4.78 is 0. The lowest BCUT2D eigenvalue weighted by Crippen LogP contribution is -2.41. The molecule has 1 aliphatic rings. The van der Waals surface area contributed by atoms with Crippen molar-refractivity contribution in [2.75, 3.05) is 13.1 Å². The van der Waals surface area contributed by atoms with Crippen LogP contribution in [0.2, 0.25) is 10.0 Å². The molecule has 3 unspecified atom stereocenters. The van der Waals surface area contributed by atoms with Crippen LogP contribution in [0, 0.1) is 5.92 Å². The Morgan fingerprint density at radius 2 is 1.83 bits per heavy atom. The summed E-state index contributed by atoms with van der Waals surface area (Å²) in [6.07, 6.45) is 2.99. The van der Waals surface area contributed by atoms with Crippen LogP contribution in [0.15, 0.2) is 18.2 Å². The van der Waals surface area contributed by atoms with E-state index in [0.29, 0.717) is 18.0 Å². The number of nitrogens with one attached hydrogen (secondary N) is 2. The first-order valence-corrected chi connectivity index (χ1v) is 10.8. The molecule has 7 nitrogen and oxygen atoms in total. The Bertz CT molecular complexity index is 682. The first-order chi connectivity index (χ1) is 14.1. The molecule has 2 rings (SSSR count). The second-order valence-corrected chi connectivity index (χ2v) is 8.50.